The molecule has 0 saturated carbocycles. The number of nitrogens with two attached hydrogens (primary N) is 1. The second-order valence-corrected chi connectivity index (χ2v) is 5.84. The molecule has 5 heteroatoms. The summed E-state index contributed by atoms with van der Waals surface area (Å²) in [6, 6.07) is 6.45. The van der Waals surface area contributed by atoms with Crippen molar-refractivity contribution in [2.75, 3.05) is 6.54 Å². The van der Waals surface area contributed by atoms with Crippen molar-refractivity contribution in [2.45, 2.75) is 32.4 Å². The minimum atomic E-state index is 0.201. The van der Waals surface area contributed by atoms with E-state index >= 15 is 0 Å². The Morgan fingerprint density at radius 1 is 1.61 bits per heavy atom. The van der Waals surface area contributed by atoms with Gasteiger partial charge in [-0.25, -0.2) is 0 Å². The number of guanidine groups is 1. The van der Waals surface area contributed by atoms with E-state index in [1.165, 1.54) is 5.56 Å². The van der Waals surface area contributed by atoms with Crippen molar-refractivity contribution in [2.24, 2.45) is 10.7 Å². The first-order valence-corrected chi connectivity index (χ1v) is 7.25. The second-order valence-electron chi connectivity index (χ2n) is 4.55. The largest absolute Gasteiger partial charge is 0.370 e. The number of aliphatic imine (C=N–C) groups is 1. The van der Waals surface area contributed by atoms with Crippen molar-refractivity contribution < 1.29 is 0 Å². The van der Waals surface area contributed by atoms with Crippen LogP contribution in [0, 0.1) is 0 Å². The van der Waals surface area contributed by atoms with E-state index in [1.54, 1.807) is 0 Å². The Balaban J connectivity index is 2.33. The lowest BCUT2D eigenvalue weighted by Gasteiger charge is -2.32. The van der Waals surface area contributed by atoms with Crippen molar-refractivity contribution in [3.63, 3.8) is 0 Å². The Morgan fingerprint density at radius 3 is 2.94 bits per heavy atom. The predicted molar refractivity (Wildman–Crippen MR) is 80.0 cm³/mol. The van der Waals surface area contributed by atoms with Gasteiger partial charge in [-0.05, 0) is 31.0 Å². The fourth-order valence-corrected chi connectivity index (χ4v) is 3.21. The summed E-state index contributed by atoms with van der Waals surface area (Å²) in [7, 11) is 0. The number of halogens is 2. The molecule has 0 bridgehead atoms. The van der Waals surface area contributed by atoms with Crippen LogP contribution in [0.4, 0.5) is 0 Å². The number of hydrogen-bond acceptors (Lipinski definition) is 3. The Morgan fingerprint density at radius 2 is 2.33 bits per heavy atom. The molecule has 3 nitrogen and oxygen atoms in total. The SMILES string of the molecule is CCC(C)N1C(N)=NCC1c1ccc(Cl)cc1Br. The second kappa shape index (κ2) is 5.49. The highest BCUT2D eigenvalue weighted by atomic mass is 79.9. The lowest BCUT2D eigenvalue weighted by Crippen LogP contribution is -2.42. The minimum absolute atomic E-state index is 0.201. The summed E-state index contributed by atoms with van der Waals surface area (Å²) in [5.41, 5.74) is 7.18. The zero-order valence-corrected chi connectivity index (χ0v) is 12.9. The van der Waals surface area contributed by atoms with Crippen LogP contribution in [-0.4, -0.2) is 23.4 Å². The predicted octanol–water partition coefficient (Wildman–Crippen LogP) is 3.57. The fourth-order valence-electron chi connectivity index (χ4n) is 2.26. The molecule has 1 aliphatic rings. The molecule has 0 fully saturated rings. The average Bonchev–Trinajstić information content (AvgIpc) is 2.70. The van der Waals surface area contributed by atoms with Crippen molar-refractivity contribution in [3.05, 3.63) is 33.3 Å². The quantitative estimate of drug-likeness (QED) is 0.920. The lowest BCUT2D eigenvalue weighted by molar-refractivity contribution is 0.268. The van der Waals surface area contributed by atoms with Gasteiger partial charge in [0.05, 0.1) is 12.6 Å². The Hall–Kier alpha value is -0.740. The molecule has 0 amide bonds. The van der Waals surface area contributed by atoms with Crippen LogP contribution in [0.1, 0.15) is 31.9 Å². The van der Waals surface area contributed by atoms with Crippen molar-refractivity contribution in [3.8, 4) is 0 Å². The van der Waals surface area contributed by atoms with Gasteiger partial charge >= 0.3 is 0 Å². The summed E-state index contributed by atoms with van der Waals surface area (Å²) in [6.45, 7) is 5.03. The summed E-state index contributed by atoms with van der Waals surface area (Å²) in [4.78, 5) is 6.56. The van der Waals surface area contributed by atoms with Gasteiger partial charge in [-0.1, -0.05) is 40.5 Å². The molecule has 2 unspecified atom stereocenters. The molecule has 2 atom stereocenters. The number of nitrogens with zero attached hydrogens (tertiary/aromatic N) is 2. The Labute approximate surface area is 121 Å². The van der Waals surface area contributed by atoms with Crippen molar-refractivity contribution in [1.29, 1.82) is 0 Å². The highest BCUT2D eigenvalue weighted by Gasteiger charge is 2.31. The zero-order chi connectivity index (χ0) is 13.3. The zero-order valence-electron chi connectivity index (χ0n) is 10.5. The molecule has 1 aromatic carbocycles. The Kier molecular flexibility index (Phi) is 4.17. The summed E-state index contributed by atoms with van der Waals surface area (Å²) < 4.78 is 1.01. The summed E-state index contributed by atoms with van der Waals surface area (Å²) in [5, 5.41) is 0.729. The summed E-state index contributed by atoms with van der Waals surface area (Å²) in [5.74, 6) is 0.635. The van der Waals surface area contributed by atoms with Crippen LogP contribution in [0.2, 0.25) is 5.02 Å². The van der Waals surface area contributed by atoms with E-state index in [0.717, 1.165) is 15.9 Å². The fraction of sp³-hybridized carbons (Fsp3) is 0.462. The van der Waals surface area contributed by atoms with E-state index < -0.39 is 0 Å². The van der Waals surface area contributed by atoms with Gasteiger partial charge in [0.15, 0.2) is 5.96 Å². The first-order chi connectivity index (χ1) is 8.54. The van der Waals surface area contributed by atoms with Gasteiger partial charge < -0.3 is 10.6 Å². The van der Waals surface area contributed by atoms with Crippen LogP contribution in [-0.2, 0) is 0 Å². The molecule has 98 valence electrons. The van der Waals surface area contributed by atoms with E-state index in [0.29, 0.717) is 18.5 Å². The van der Waals surface area contributed by atoms with Gasteiger partial charge in [-0.3, -0.25) is 4.99 Å². The molecule has 0 aromatic heterocycles. The monoisotopic (exact) mass is 329 g/mol. The molecule has 0 spiro atoms. The highest BCUT2D eigenvalue weighted by molar-refractivity contribution is 9.10. The number of hydrogen-bond donors (Lipinski definition) is 1. The van der Waals surface area contributed by atoms with Gasteiger partial charge in [-0.2, -0.15) is 0 Å². The van der Waals surface area contributed by atoms with Gasteiger partial charge in [0.1, 0.15) is 0 Å². The van der Waals surface area contributed by atoms with Crippen LogP contribution >= 0.6 is 27.5 Å². The van der Waals surface area contributed by atoms with Crippen molar-refractivity contribution in [1.82, 2.24) is 4.90 Å². The Bertz CT molecular complexity index is 475. The molecular formula is C13H17BrClN3. The molecule has 0 saturated heterocycles. The number of rotatable bonds is 3. The lowest BCUT2D eigenvalue weighted by atomic mass is 10.0. The maximum atomic E-state index is 6.00. The first-order valence-electron chi connectivity index (χ1n) is 6.07. The topological polar surface area (TPSA) is 41.6 Å². The van der Waals surface area contributed by atoms with Crippen LogP contribution in [0.3, 0.4) is 0 Å². The maximum absolute atomic E-state index is 6.00. The van der Waals surface area contributed by atoms with E-state index in [4.69, 9.17) is 17.3 Å². The molecule has 1 heterocycles. The van der Waals surface area contributed by atoms with Gasteiger partial charge in [-0.15, -0.1) is 0 Å². The smallest absolute Gasteiger partial charge is 0.192 e. The average molecular weight is 331 g/mol. The van der Waals surface area contributed by atoms with Crippen LogP contribution in [0.5, 0.6) is 0 Å². The van der Waals surface area contributed by atoms with E-state index in [1.807, 2.05) is 18.2 Å². The van der Waals surface area contributed by atoms with Crippen LogP contribution in [0.25, 0.3) is 0 Å². The molecule has 18 heavy (non-hydrogen) atoms. The van der Waals surface area contributed by atoms with Gasteiger partial charge in [0, 0.05) is 15.5 Å². The highest BCUT2D eigenvalue weighted by Crippen LogP contribution is 2.34. The standard InChI is InChI=1S/C13H17BrClN3/c1-3-8(2)18-12(7-17-13(18)16)10-5-4-9(15)6-11(10)14/h4-6,8,12H,3,7H2,1-2H3,(H2,16,17). The van der Waals surface area contributed by atoms with Crippen molar-refractivity contribution >= 4 is 33.5 Å². The maximum Gasteiger partial charge on any atom is 0.192 e. The molecular weight excluding hydrogens is 314 g/mol. The third kappa shape index (κ3) is 2.50. The third-order valence-corrected chi connectivity index (χ3v) is 4.34. The van der Waals surface area contributed by atoms with Crippen LogP contribution < -0.4 is 5.73 Å². The first kappa shape index (κ1) is 13.7. The molecule has 0 radical (unpaired) electrons. The third-order valence-electron chi connectivity index (χ3n) is 3.41. The number of benzene rings is 1. The molecule has 0 aliphatic carbocycles. The van der Waals surface area contributed by atoms with E-state index in [-0.39, 0.29) is 6.04 Å². The van der Waals surface area contributed by atoms with E-state index in [9.17, 15) is 0 Å². The minimum Gasteiger partial charge on any atom is -0.370 e. The molecule has 1 aromatic rings. The van der Waals surface area contributed by atoms with Gasteiger partial charge in [0.25, 0.3) is 0 Å². The molecule has 1 aliphatic heterocycles. The molecule has 2 N–H and O–H groups in total. The summed E-state index contributed by atoms with van der Waals surface area (Å²) >= 11 is 9.55. The molecule has 2 rings (SSSR count). The summed E-state index contributed by atoms with van der Waals surface area (Å²) in [6.07, 6.45) is 1.04. The van der Waals surface area contributed by atoms with Gasteiger partial charge in [0.2, 0.25) is 0 Å². The van der Waals surface area contributed by atoms with E-state index in [2.05, 4.69) is 39.7 Å². The normalized spacial score (nSPS) is 21.0. The van der Waals surface area contributed by atoms with Crippen LogP contribution in [0.15, 0.2) is 27.7 Å².